The number of thioether (sulfide) groups is 1. The lowest BCUT2D eigenvalue weighted by Gasteiger charge is -2.16. The van der Waals surface area contributed by atoms with Gasteiger partial charge in [0.25, 0.3) is 0 Å². The summed E-state index contributed by atoms with van der Waals surface area (Å²) in [6, 6.07) is 0.226. The van der Waals surface area contributed by atoms with Crippen LogP contribution >= 0.6 is 11.8 Å². The number of hydrogen-bond donors (Lipinski definition) is 2. The molecule has 0 aliphatic heterocycles. The normalized spacial score (nSPS) is 15.6. The van der Waals surface area contributed by atoms with Gasteiger partial charge in [-0.2, -0.15) is 0 Å². The molecule has 0 spiro atoms. The number of aliphatic hydroxyl groups is 1. The van der Waals surface area contributed by atoms with Crippen molar-refractivity contribution in [2.45, 2.75) is 50.2 Å². The zero-order valence-corrected chi connectivity index (χ0v) is 10.3. The fraction of sp³-hybridized carbons (Fsp3) is 0.778. The van der Waals surface area contributed by atoms with Crippen LogP contribution in [0.15, 0.2) is 5.16 Å². The summed E-state index contributed by atoms with van der Waals surface area (Å²) in [6.45, 7) is 7.76. The third-order valence-electron chi connectivity index (χ3n) is 2.18. The molecule has 0 aromatic carbocycles. The average Bonchev–Trinajstić information content (AvgIpc) is 2.46. The molecule has 1 heterocycles. The predicted molar refractivity (Wildman–Crippen MR) is 61.8 cm³/mol. The molecule has 86 valence electrons. The van der Waals surface area contributed by atoms with Crippen LogP contribution in [0.1, 0.15) is 33.7 Å². The Hall–Kier alpha value is -0.750. The van der Waals surface area contributed by atoms with Gasteiger partial charge in [-0.3, -0.25) is 4.57 Å². The van der Waals surface area contributed by atoms with Crippen LogP contribution in [0.4, 0.5) is 5.95 Å². The first-order valence-corrected chi connectivity index (χ1v) is 5.86. The van der Waals surface area contributed by atoms with E-state index in [-0.39, 0.29) is 17.4 Å². The maximum atomic E-state index is 9.41. The summed E-state index contributed by atoms with van der Waals surface area (Å²) in [6.07, 6.45) is -0.381. The third kappa shape index (κ3) is 2.85. The molecular formula is C9H18N4OS. The zero-order chi connectivity index (χ0) is 11.6. The highest BCUT2D eigenvalue weighted by Gasteiger charge is 2.18. The van der Waals surface area contributed by atoms with E-state index in [0.29, 0.717) is 5.95 Å². The van der Waals surface area contributed by atoms with Crippen LogP contribution in [-0.4, -0.2) is 31.2 Å². The second-order valence-corrected chi connectivity index (χ2v) is 5.21. The molecule has 0 saturated heterocycles. The Labute approximate surface area is 94.1 Å². The number of nitrogen functional groups attached to an aromatic ring is 1. The fourth-order valence-electron chi connectivity index (χ4n) is 1.12. The molecule has 15 heavy (non-hydrogen) atoms. The van der Waals surface area contributed by atoms with Gasteiger partial charge in [0.2, 0.25) is 5.95 Å². The molecule has 0 saturated carbocycles. The van der Waals surface area contributed by atoms with Crippen molar-refractivity contribution in [3.05, 3.63) is 0 Å². The first kappa shape index (κ1) is 12.3. The van der Waals surface area contributed by atoms with Gasteiger partial charge in [-0.1, -0.05) is 18.7 Å². The Kier molecular flexibility index (Phi) is 3.98. The summed E-state index contributed by atoms with van der Waals surface area (Å²) < 4.78 is 1.86. The van der Waals surface area contributed by atoms with Gasteiger partial charge in [-0.15, -0.1) is 10.2 Å². The van der Waals surface area contributed by atoms with Crippen LogP contribution in [0.2, 0.25) is 0 Å². The van der Waals surface area contributed by atoms with Crippen molar-refractivity contribution in [3.8, 4) is 0 Å². The minimum atomic E-state index is -0.381. The highest BCUT2D eigenvalue weighted by atomic mass is 32.2. The number of aliphatic hydroxyl groups excluding tert-OH is 1. The quantitative estimate of drug-likeness (QED) is 0.762. The lowest BCUT2D eigenvalue weighted by Crippen LogP contribution is -2.16. The Morgan fingerprint density at radius 2 is 1.87 bits per heavy atom. The lowest BCUT2D eigenvalue weighted by molar-refractivity contribution is 0.196. The molecule has 1 aromatic rings. The topological polar surface area (TPSA) is 77.0 Å². The minimum absolute atomic E-state index is 0.0751. The number of aromatic nitrogens is 3. The van der Waals surface area contributed by atoms with Crippen molar-refractivity contribution in [2.75, 3.05) is 5.73 Å². The highest BCUT2D eigenvalue weighted by molar-refractivity contribution is 7.99. The Morgan fingerprint density at radius 1 is 1.27 bits per heavy atom. The molecule has 5 nitrogen and oxygen atoms in total. The maximum absolute atomic E-state index is 9.41. The van der Waals surface area contributed by atoms with E-state index >= 15 is 0 Å². The second kappa shape index (κ2) is 4.85. The van der Waals surface area contributed by atoms with Crippen molar-refractivity contribution in [3.63, 3.8) is 0 Å². The first-order valence-electron chi connectivity index (χ1n) is 4.98. The van der Waals surface area contributed by atoms with Gasteiger partial charge in [0.1, 0.15) is 0 Å². The lowest BCUT2D eigenvalue weighted by atomic mass is 10.3. The molecule has 2 unspecified atom stereocenters. The zero-order valence-electron chi connectivity index (χ0n) is 9.51. The predicted octanol–water partition coefficient (Wildman–Crippen LogP) is 1.30. The van der Waals surface area contributed by atoms with Crippen molar-refractivity contribution in [1.82, 2.24) is 14.8 Å². The number of rotatable bonds is 4. The standard InChI is InChI=1S/C9H18N4OS/c1-5(2)13-8(10)11-12-9(13)15-7(4)6(3)14/h5-7,14H,1-4H3,(H2,10,11). The van der Waals surface area contributed by atoms with E-state index in [2.05, 4.69) is 10.2 Å². The number of nitrogens with two attached hydrogens (primary N) is 1. The SMILES string of the molecule is CC(O)C(C)Sc1nnc(N)n1C(C)C. The van der Waals surface area contributed by atoms with E-state index in [1.54, 1.807) is 6.92 Å². The summed E-state index contributed by atoms with van der Waals surface area (Å²) in [7, 11) is 0. The number of nitrogens with zero attached hydrogens (tertiary/aromatic N) is 3. The van der Waals surface area contributed by atoms with E-state index in [4.69, 9.17) is 5.73 Å². The highest BCUT2D eigenvalue weighted by Crippen LogP contribution is 2.27. The van der Waals surface area contributed by atoms with Crippen molar-refractivity contribution < 1.29 is 5.11 Å². The van der Waals surface area contributed by atoms with Crippen LogP contribution in [0.5, 0.6) is 0 Å². The van der Waals surface area contributed by atoms with Crippen LogP contribution in [-0.2, 0) is 0 Å². The molecule has 6 heteroatoms. The maximum Gasteiger partial charge on any atom is 0.222 e. The summed E-state index contributed by atoms with van der Waals surface area (Å²) in [5.74, 6) is 0.422. The van der Waals surface area contributed by atoms with Gasteiger partial charge in [0, 0.05) is 11.3 Å². The largest absolute Gasteiger partial charge is 0.392 e. The van der Waals surface area contributed by atoms with Gasteiger partial charge in [0.05, 0.1) is 6.10 Å². The molecule has 1 rings (SSSR count). The molecule has 0 radical (unpaired) electrons. The van der Waals surface area contributed by atoms with Crippen molar-refractivity contribution in [2.24, 2.45) is 0 Å². The Bertz CT molecular complexity index is 324. The Morgan fingerprint density at radius 3 is 2.33 bits per heavy atom. The molecule has 0 bridgehead atoms. The van der Waals surface area contributed by atoms with Crippen LogP contribution in [0, 0.1) is 0 Å². The second-order valence-electron chi connectivity index (χ2n) is 3.87. The molecular weight excluding hydrogens is 212 g/mol. The molecule has 0 amide bonds. The molecule has 1 aromatic heterocycles. The molecule has 2 atom stereocenters. The summed E-state index contributed by atoms with van der Waals surface area (Å²) in [5, 5.41) is 18.1. The fourth-order valence-corrected chi connectivity index (χ4v) is 2.15. The van der Waals surface area contributed by atoms with Gasteiger partial charge in [0.15, 0.2) is 5.16 Å². The summed E-state index contributed by atoms with van der Waals surface area (Å²) in [4.78, 5) is 0. The number of hydrogen-bond acceptors (Lipinski definition) is 5. The van der Waals surface area contributed by atoms with E-state index < -0.39 is 0 Å². The smallest absolute Gasteiger partial charge is 0.222 e. The van der Waals surface area contributed by atoms with Crippen molar-refractivity contribution >= 4 is 17.7 Å². The summed E-state index contributed by atoms with van der Waals surface area (Å²) >= 11 is 1.49. The minimum Gasteiger partial charge on any atom is -0.392 e. The van der Waals surface area contributed by atoms with E-state index in [1.165, 1.54) is 11.8 Å². The molecule has 0 aliphatic carbocycles. The Balaban J connectivity index is 2.86. The van der Waals surface area contributed by atoms with Gasteiger partial charge < -0.3 is 10.8 Å². The van der Waals surface area contributed by atoms with Gasteiger partial charge >= 0.3 is 0 Å². The average molecular weight is 230 g/mol. The van der Waals surface area contributed by atoms with E-state index in [9.17, 15) is 5.11 Å². The monoisotopic (exact) mass is 230 g/mol. The molecule has 0 aliphatic rings. The van der Waals surface area contributed by atoms with Crippen LogP contribution in [0.3, 0.4) is 0 Å². The van der Waals surface area contributed by atoms with Crippen molar-refractivity contribution in [1.29, 1.82) is 0 Å². The van der Waals surface area contributed by atoms with Crippen LogP contribution < -0.4 is 5.73 Å². The van der Waals surface area contributed by atoms with Crippen LogP contribution in [0.25, 0.3) is 0 Å². The van der Waals surface area contributed by atoms with Gasteiger partial charge in [-0.05, 0) is 20.8 Å². The summed E-state index contributed by atoms with van der Waals surface area (Å²) in [5.41, 5.74) is 5.71. The van der Waals surface area contributed by atoms with E-state index in [1.807, 2.05) is 25.3 Å². The van der Waals surface area contributed by atoms with Gasteiger partial charge in [-0.25, -0.2) is 0 Å². The number of anilines is 1. The first-order chi connectivity index (χ1) is 6.93. The van der Waals surface area contributed by atoms with E-state index in [0.717, 1.165) is 5.16 Å². The molecule has 0 fully saturated rings. The molecule has 3 N–H and O–H groups in total. The third-order valence-corrected chi connectivity index (χ3v) is 3.43.